The second-order valence-corrected chi connectivity index (χ2v) is 8.68. The molecule has 5 heteroatoms. The number of aryl methyl sites for hydroxylation is 1. The van der Waals surface area contributed by atoms with Crippen molar-refractivity contribution in [1.29, 1.82) is 0 Å². The molecule has 0 unspecified atom stereocenters. The minimum Gasteiger partial charge on any atom is -0.342 e. The second-order valence-electron chi connectivity index (χ2n) is 8.30. The van der Waals surface area contributed by atoms with Gasteiger partial charge in [-0.05, 0) is 57.3 Å². The fraction of sp³-hybridized carbons (Fsp3) is 0.565. The molecular weight excluding hydrogens is 370 g/mol. The van der Waals surface area contributed by atoms with E-state index in [4.69, 9.17) is 16.6 Å². The number of aromatic nitrogens is 1. The Bertz CT molecular complexity index is 837. The van der Waals surface area contributed by atoms with E-state index in [0.717, 1.165) is 85.6 Å². The molecule has 2 aromatic rings. The van der Waals surface area contributed by atoms with Gasteiger partial charge in [-0.25, -0.2) is 4.98 Å². The highest BCUT2D eigenvalue weighted by molar-refractivity contribution is 6.32. The fourth-order valence-corrected chi connectivity index (χ4v) is 4.83. The first-order valence-corrected chi connectivity index (χ1v) is 11.1. The van der Waals surface area contributed by atoms with E-state index in [1.807, 2.05) is 18.2 Å². The number of rotatable bonds is 3. The highest BCUT2D eigenvalue weighted by Crippen LogP contribution is 2.29. The lowest BCUT2D eigenvalue weighted by Gasteiger charge is -2.34. The third-order valence-corrected chi connectivity index (χ3v) is 6.88. The van der Waals surface area contributed by atoms with Crippen molar-refractivity contribution in [2.24, 2.45) is 5.92 Å². The zero-order chi connectivity index (χ0) is 19.5. The van der Waals surface area contributed by atoms with E-state index < -0.39 is 0 Å². The number of carbonyl (C=O) groups is 1. The molecule has 0 aliphatic carbocycles. The van der Waals surface area contributed by atoms with Gasteiger partial charge < -0.3 is 4.90 Å². The van der Waals surface area contributed by atoms with Gasteiger partial charge in [0.15, 0.2) is 0 Å². The maximum atomic E-state index is 12.9. The summed E-state index contributed by atoms with van der Waals surface area (Å²) in [5, 5.41) is 1.90. The molecule has 0 N–H and O–H groups in total. The standard InChI is InChI=1S/C23H30ClN3O/c1-17-19-8-4-5-9-20(19)25-21(22(17)24)16-26-14-10-18(11-15-26)23(28)27-12-6-2-3-7-13-27/h4-5,8-9,18H,2-3,6-7,10-16H2,1H3. The molecule has 1 amide bonds. The number of likely N-dealkylation sites (tertiary alicyclic amines) is 2. The molecule has 2 fully saturated rings. The smallest absolute Gasteiger partial charge is 0.225 e. The van der Waals surface area contributed by atoms with E-state index in [-0.39, 0.29) is 5.92 Å². The van der Waals surface area contributed by atoms with Crippen LogP contribution in [-0.2, 0) is 11.3 Å². The Kier molecular flexibility index (Phi) is 6.17. The summed E-state index contributed by atoms with van der Waals surface area (Å²) in [6.45, 7) is 6.61. The number of carbonyl (C=O) groups excluding carboxylic acids is 1. The van der Waals surface area contributed by atoms with Crippen molar-refractivity contribution in [3.05, 3.63) is 40.5 Å². The van der Waals surface area contributed by atoms with Crippen molar-refractivity contribution < 1.29 is 4.79 Å². The summed E-state index contributed by atoms with van der Waals surface area (Å²) in [7, 11) is 0. The molecule has 1 aromatic heterocycles. The van der Waals surface area contributed by atoms with Crippen molar-refractivity contribution in [2.75, 3.05) is 26.2 Å². The van der Waals surface area contributed by atoms with Gasteiger partial charge in [-0.1, -0.05) is 42.6 Å². The number of hydrogen-bond donors (Lipinski definition) is 0. The summed E-state index contributed by atoms with van der Waals surface area (Å²) in [5.74, 6) is 0.579. The van der Waals surface area contributed by atoms with Gasteiger partial charge in [-0.3, -0.25) is 9.69 Å². The molecule has 2 aliphatic rings. The number of halogens is 1. The molecule has 0 atom stereocenters. The topological polar surface area (TPSA) is 36.4 Å². The van der Waals surface area contributed by atoms with Gasteiger partial charge in [0, 0.05) is 30.9 Å². The van der Waals surface area contributed by atoms with Gasteiger partial charge in [-0.2, -0.15) is 0 Å². The number of benzene rings is 1. The summed E-state index contributed by atoms with van der Waals surface area (Å²) in [6.07, 6.45) is 6.74. The summed E-state index contributed by atoms with van der Waals surface area (Å²) in [4.78, 5) is 22.2. The van der Waals surface area contributed by atoms with Crippen LogP contribution in [0.3, 0.4) is 0 Å². The van der Waals surface area contributed by atoms with Crippen LogP contribution in [0.5, 0.6) is 0 Å². The first-order chi connectivity index (χ1) is 13.6. The van der Waals surface area contributed by atoms with Crippen molar-refractivity contribution in [3.8, 4) is 0 Å². The summed E-state index contributed by atoms with van der Waals surface area (Å²) in [5.41, 5.74) is 3.06. The molecule has 2 saturated heterocycles. The van der Waals surface area contributed by atoms with E-state index in [1.165, 1.54) is 12.8 Å². The first kappa shape index (κ1) is 19.7. The van der Waals surface area contributed by atoms with Gasteiger partial charge in [0.05, 0.1) is 16.2 Å². The molecule has 0 spiro atoms. The lowest BCUT2D eigenvalue weighted by Crippen LogP contribution is -2.42. The third kappa shape index (κ3) is 4.18. The Hall–Kier alpha value is -1.65. The molecule has 0 radical (unpaired) electrons. The zero-order valence-electron chi connectivity index (χ0n) is 16.8. The van der Waals surface area contributed by atoms with Gasteiger partial charge in [0.25, 0.3) is 0 Å². The van der Waals surface area contributed by atoms with Gasteiger partial charge in [0.2, 0.25) is 5.91 Å². The Balaban J connectivity index is 1.39. The molecule has 3 heterocycles. The molecule has 0 bridgehead atoms. The van der Waals surface area contributed by atoms with Gasteiger partial charge in [-0.15, -0.1) is 0 Å². The SMILES string of the molecule is Cc1c(Cl)c(CN2CCC(C(=O)N3CCCCCC3)CC2)nc2ccccc12. The lowest BCUT2D eigenvalue weighted by atomic mass is 9.95. The number of pyridine rings is 1. The van der Waals surface area contributed by atoms with Crippen molar-refractivity contribution >= 4 is 28.4 Å². The quantitative estimate of drug-likeness (QED) is 0.742. The van der Waals surface area contributed by atoms with Crippen LogP contribution in [0.1, 0.15) is 49.8 Å². The fourth-order valence-electron chi connectivity index (χ4n) is 4.62. The summed E-state index contributed by atoms with van der Waals surface area (Å²) < 4.78 is 0. The zero-order valence-corrected chi connectivity index (χ0v) is 17.5. The van der Waals surface area contributed by atoms with Crippen LogP contribution in [0, 0.1) is 12.8 Å². The predicted molar refractivity (Wildman–Crippen MR) is 115 cm³/mol. The van der Waals surface area contributed by atoms with Crippen LogP contribution >= 0.6 is 11.6 Å². The Morgan fingerprint density at radius 1 is 1.07 bits per heavy atom. The molecule has 0 saturated carbocycles. The van der Waals surface area contributed by atoms with Crippen LogP contribution in [0.25, 0.3) is 10.9 Å². The van der Waals surface area contributed by atoms with Crippen LogP contribution in [-0.4, -0.2) is 46.9 Å². The molecule has 1 aromatic carbocycles. The number of amides is 1. The average molecular weight is 400 g/mol. The summed E-state index contributed by atoms with van der Waals surface area (Å²) >= 11 is 6.64. The number of para-hydroxylation sites is 1. The van der Waals surface area contributed by atoms with Crippen LogP contribution in [0.4, 0.5) is 0 Å². The van der Waals surface area contributed by atoms with E-state index in [1.54, 1.807) is 0 Å². The van der Waals surface area contributed by atoms with Gasteiger partial charge >= 0.3 is 0 Å². The Labute approximate surface area is 172 Å². The maximum absolute atomic E-state index is 12.9. The van der Waals surface area contributed by atoms with E-state index in [2.05, 4.69) is 22.8 Å². The van der Waals surface area contributed by atoms with E-state index in [0.29, 0.717) is 5.91 Å². The highest BCUT2D eigenvalue weighted by atomic mass is 35.5. The lowest BCUT2D eigenvalue weighted by molar-refractivity contribution is -0.137. The van der Waals surface area contributed by atoms with Crippen molar-refractivity contribution in [2.45, 2.75) is 52.0 Å². The first-order valence-electron chi connectivity index (χ1n) is 10.7. The van der Waals surface area contributed by atoms with Crippen LogP contribution in [0.2, 0.25) is 5.02 Å². The van der Waals surface area contributed by atoms with E-state index in [9.17, 15) is 4.79 Å². The Morgan fingerprint density at radius 2 is 1.75 bits per heavy atom. The average Bonchev–Trinajstić information content (AvgIpc) is 3.01. The monoisotopic (exact) mass is 399 g/mol. The molecular formula is C23H30ClN3O. The maximum Gasteiger partial charge on any atom is 0.225 e. The molecule has 28 heavy (non-hydrogen) atoms. The number of nitrogens with zero attached hydrogens (tertiary/aromatic N) is 3. The number of hydrogen-bond acceptors (Lipinski definition) is 3. The molecule has 4 nitrogen and oxygen atoms in total. The van der Waals surface area contributed by atoms with Crippen molar-refractivity contribution in [3.63, 3.8) is 0 Å². The largest absolute Gasteiger partial charge is 0.342 e. The molecule has 4 rings (SSSR count). The van der Waals surface area contributed by atoms with E-state index >= 15 is 0 Å². The highest BCUT2D eigenvalue weighted by Gasteiger charge is 2.29. The minimum atomic E-state index is 0.191. The second kappa shape index (κ2) is 8.79. The normalized spacial score (nSPS) is 19.7. The van der Waals surface area contributed by atoms with Crippen molar-refractivity contribution in [1.82, 2.24) is 14.8 Å². The molecule has 150 valence electrons. The Morgan fingerprint density at radius 3 is 2.46 bits per heavy atom. The summed E-state index contributed by atoms with van der Waals surface area (Å²) in [6, 6.07) is 8.17. The third-order valence-electron chi connectivity index (χ3n) is 6.37. The van der Waals surface area contributed by atoms with Crippen LogP contribution < -0.4 is 0 Å². The van der Waals surface area contributed by atoms with Crippen LogP contribution in [0.15, 0.2) is 24.3 Å². The number of fused-ring (bicyclic) bond motifs is 1. The minimum absolute atomic E-state index is 0.191. The number of piperidine rings is 1. The molecule has 2 aliphatic heterocycles. The predicted octanol–water partition coefficient (Wildman–Crippen LogP) is 4.81. The van der Waals surface area contributed by atoms with Gasteiger partial charge in [0.1, 0.15) is 0 Å².